The van der Waals surface area contributed by atoms with Gasteiger partial charge in [-0.1, -0.05) is 245 Å². The van der Waals surface area contributed by atoms with Gasteiger partial charge in [0, 0.05) is 6.42 Å². The Morgan fingerprint density at radius 3 is 1.08 bits per heavy atom. The first kappa shape index (κ1) is 58.0. The highest BCUT2D eigenvalue weighted by molar-refractivity contribution is 5.76. The first-order valence-corrected chi connectivity index (χ1v) is 25.6. The molecule has 0 rings (SSSR count). The number of carbonyl (C=O) groups excluding carboxylic acids is 1. The number of nitrogens with one attached hydrogen (secondary N) is 1. The molecule has 2 atom stereocenters. The average molecular weight is 844 g/mol. The maximum Gasteiger partial charge on any atom is 0.220 e. The van der Waals surface area contributed by atoms with Crippen molar-refractivity contribution in [3.63, 3.8) is 0 Å². The third-order valence-corrected chi connectivity index (χ3v) is 11.0. The number of aliphatic hydroxyl groups excluding tert-OH is 2. The van der Waals surface area contributed by atoms with Gasteiger partial charge < -0.3 is 15.5 Å². The van der Waals surface area contributed by atoms with Crippen LogP contribution in [0.5, 0.6) is 0 Å². The third-order valence-electron chi connectivity index (χ3n) is 11.0. The van der Waals surface area contributed by atoms with Crippen LogP contribution < -0.4 is 5.32 Å². The van der Waals surface area contributed by atoms with Crippen LogP contribution >= 0.6 is 0 Å². The van der Waals surface area contributed by atoms with Crippen LogP contribution in [-0.2, 0) is 4.79 Å². The van der Waals surface area contributed by atoms with E-state index in [0.717, 1.165) is 89.9 Å². The lowest BCUT2D eigenvalue weighted by atomic mass is 10.0. The number of carbonyl (C=O) groups is 1. The summed E-state index contributed by atoms with van der Waals surface area (Å²) in [4.78, 5) is 12.4. The summed E-state index contributed by atoms with van der Waals surface area (Å²) in [6.45, 7) is 4.19. The molecule has 1 amide bonds. The third kappa shape index (κ3) is 47.9. The molecule has 0 aliphatic rings. The van der Waals surface area contributed by atoms with Crippen molar-refractivity contribution in [3.8, 4) is 0 Å². The van der Waals surface area contributed by atoms with Crippen molar-refractivity contribution < 1.29 is 15.0 Å². The Morgan fingerprint density at radius 2 is 0.721 bits per heavy atom. The monoisotopic (exact) mass is 844 g/mol. The summed E-state index contributed by atoms with van der Waals surface area (Å²) in [5.74, 6) is -0.0769. The molecule has 2 unspecified atom stereocenters. The molecular weight excluding hydrogens is 747 g/mol. The second kappa shape index (κ2) is 51.4. The molecule has 0 bridgehead atoms. The van der Waals surface area contributed by atoms with E-state index in [9.17, 15) is 15.0 Å². The number of allylic oxidation sites excluding steroid dienone is 17. The summed E-state index contributed by atoms with van der Waals surface area (Å²) in [7, 11) is 0. The number of amides is 1. The number of hydrogen-bond acceptors (Lipinski definition) is 3. The van der Waals surface area contributed by atoms with E-state index in [1.165, 1.54) is 116 Å². The van der Waals surface area contributed by atoms with Gasteiger partial charge in [-0.05, 0) is 83.5 Å². The van der Waals surface area contributed by atoms with Crippen molar-refractivity contribution in [3.05, 3.63) is 109 Å². The predicted molar refractivity (Wildman–Crippen MR) is 271 cm³/mol. The normalized spacial score (nSPS) is 13.8. The van der Waals surface area contributed by atoms with Gasteiger partial charge in [-0.25, -0.2) is 0 Å². The summed E-state index contributed by atoms with van der Waals surface area (Å²) in [5, 5.41) is 23.1. The maximum atomic E-state index is 12.4. The summed E-state index contributed by atoms with van der Waals surface area (Å²) in [5.41, 5.74) is 0. The second-order valence-corrected chi connectivity index (χ2v) is 16.9. The second-order valence-electron chi connectivity index (χ2n) is 16.9. The highest BCUT2D eigenvalue weighted by atomic mass is 16.3. The Labute approximate surface area is 378 Å². The Hall–Kier alpha value is -2.95. The fraction of sp³-hybridized carbons (Fsp3) is 0.667. The summed E-state index contributed by atoms with van der Waals surface area (Å²) in [6, 6.07) is -0.634. The van der Waals surface area contributed by atoms with Gasteiger partial charge in [0.05, 0.1) is 18.8 Å². The van der Waals surface area contributed by atoms with E-state index in [-0.39, 0.29) is 12.5 Å². The van der Waals surface area contributed by atoms with E-state index in [1.54, 1.807) is 6.08 Å². The maximum absolute atomic E-state index is 12.4. The van der Waals surface area contributed by atoms with Crippen molar-refractivity contribution in [2.75, 3.05) is 6.61 Å². The summed E-state index contributed by atoms with van der Waals surface area (Å²) >= 11 is 0. The van der Waals surface area contributed by atoms with E-state index in [2.05, 4.69) is 116 Å². The quantitative estimate of drug-likeness (QED) is 0.0422. The van der Waals surface area contributed by atoms with Gasteiger partial charge in [0.25, 0.3) is 0 Å². The van der Waals surface area contributed by atoms with Gasteiger partial charge >= 0.3 is 0 Å². The Bertz CT molecular complexity index is 1180. The van der Waals surface area contributed by atoms with Gasteiger partial charge in [-0.3, -0.25) is 4.79 Å². The van der Waals surface area contributed by atoms with Crippen LogP contribution in [0.15, 0.2) is 109 Å². The number of unbranched alkanes of at least 4 members (excludes halogenated alkanes) is 22. The van der Waals surface area contributed by atoms with Crippen LogP contribution in [0.25, 0.3) is 0 Å². The number of hydrogen-bond donors (Lipinski definition) is 3. The molecule has 0 fully saturated rings. The van der Waals surface area contributed by atoms with E-state index in [4.69, 9.17) is 0 Å². The SMILES string of the molecule is CC/C=C\C/C=C\C/C=C\C/C=C\C/C=C\C/C=C\C/C=C\C/C=C\CCCCCCCCCCC(=O)NC(CO)C(O)/C=C/CCCCCCCCCCCCCCCC. The first-order valence-electron chi connectivity index (χ1n) is 25.6. The minimum atomic E-state index is -0.850. The minimum Gasteiger partial charge on any atom is -0.394 e. The molecule has 3 N–H and O–H groups in total. The zero-order valence-corrected chi connectivity index (χ0v) is 39.9. The standard InChI is InChI=1S/C57H97NO3/c1-3-5-7-9-11-13-15-17-19-21-22-23-24-25-26-27-28-29-30-31-32-33-34-35-36-37-39-41-43-45-47-49-51-53-57(61)58-55(54-59)56(60)52-50-48-46-44-42-40-38-20-18-16-14-12-10-8-6-4-2/h5,7,11,13,17,19,22-23,25-26,28-29,31-32,34-35,50,52,55-56,59-60H,3-4,6,8-10,12,14-16,18,20-21,24,27,30,33,36-49,51,53-54H2,1-2H3,(H,58,61)/b7-5-,13-11-,19-17-,23-22-,26-25-,29-28-,32-31-,35-34-,52-50+. The van der Waals surface area contributed by atoms with E-state index < -0.39 is 12.1 Å². The lowest BCUT2D eigenvalue weighted by molar-refractivity contribution is -0.123. The molecule has 348 valence electrons. The fourth-order valence-corrected chi connectivity index (χ4v) is 7.13. The topological polar surface area (TPSA) is 69.6 Å². The van der Waals surface area contributed by atoms with Crippen molar-refractivity contribution in [2.24, 2.45) is 0 Å². The van der Waals surface area contributed by atoms with Crippen LogP contribution in [0.1, 0.15) is 226 Å². The fourth-order valence-electron chi connectivity index (χ4n) is 7.13. The van der Waals surface area contributed by atoms with Gasteiger partial charge in [0.2, 0.25) is 5.91 Å². The highest BCUT2D eigenvalue weighted by Gasteiger charge is 2.17. The lowest BCUT2D eigenvalue weighted by Gasteiger charge is -2.20. The van der Waals surface area contributed by atoms with Gasteiger partial charge in [-0.15, -0.1) is 0 Å². The number of aliphatic hydroxyl groups is 2. The largest absolute Gasteiger partial charge is 0.394 e. The van der Waals surface area contributed by atoms with Gasteiger partial charge in [0.1, 0.15) is 0 Å². The van der Waals surface area contributed by atoms with Crippen molar-refractivity contribution in [1.29, 1.82) is 0 Å². The van der Waals surface area contributed by atoms with Crippen LogP contribution in [-0.4, -0.2) is 34.9 Å². The van der Waals surface area contributed by atoms with Crippen LogP contribution in [0.3, 0.4) is 0 Å². The molecule has 0 aromatic carbocycles. The van der Waals surface area contributed by atoms with Gasteiger partial charge in [0.15, 0.2) is 0 Å². The smallest absolute Gasteiger partial charge is 0.220 e. The Kier molecular flexibility index (Phi) is 48.9. The molecule has 0 aromatic rings. The molecule has 0 radical (unpaired) electrons. The molecule has 0 heterocycles. The molecule has 0 saturated carbocycles. The summed E-state index contributed by atoms with van der Waals surface area (Å²) in [6.07, 6.45) is 77.8. The predicted octanol–water partition coefficient (Wildman–Crippen LogP) is 16.7. The van der Waals surface area contributed by atoms with Crippen LogP contribution in [0, 0.1) is 0 Å². The van der Waals surface area contributed by atoms with Crippen LogP contribution in [0.2, 0.25) is 0 Å². The molecule has 0 aliphatic heterocycles. The van der Waals surface area contributed by atoms with Crippen LogP contribution in [0.4, 0.5) is 0 Å². The van der Waals surface area contributed by atoms with Crippen molar-refractivity contribution in [1.82, 2.24) is 5.32 Å². The lowest BCUT2D eigenvalue weighted by Crippen LogP contribution is -2.45. The minimum absolute atomic E-state index is 0.0769. The zero-order valence-electron chi connectivity index (χ0n) is 39.9. The average Bonchev–Trinajstić information content (AvgIpc) is 3.26. The van der Waals surface area contributed by atoms with Crippen molar-refractivity contribution >= 4 is 5.91 Å². The van der Waals surface area contributed by atoms with Gasteiger partial charge in [-0.2, -0.15) is 0 Å². The zero-order chi connectivity index (χ0) is 44.2. The molecular formula is C57H97NO3. The highest BCUT2D eigenvalue weighted by Crippen LogP contribution is 2.14. The van der Waals surface area contributed by atoms with E-state index in [1.807, 2.05) is 6.08 Å². The molecule has 61 heavy (non-hydrogen) atoms. The molecule has 4 heteroatoms. The Balaban J connectivity index is 3.63. The molecule has 0 aromatic heterocycles. The van der Waals surface area contributed by atoms with E-state index >= 15 is 0 Å². The van der Waals surface area contributed by atoms with E-state index in [0.29, 0.717) is 6.42 Å². The number of rotatable bonds is 45. The first-order chi connectivity index (χ1) is 30.2. The molecule has 4 nitrogen and oxygen atoms in total. The summed E-state index contributed by atoms with van der Waals surface area (Å²) < 4.78 is 0. The Morgan fingerprint density at radius 1 is 0.410 bits per heavy atom. The molecule has 0 aliphatic carbocycles. The molecule has 0 saturated heterocycles. The van der Waals surface area contributed by atoms with Crippen molar-refractivity contribution in [2.45, 2.75) is 238 Å². The molecule has 0 spiro atoms.